The molecule has 0 atom stereocenters. The molecule has 4 heteroatoms. The lowest BCUT2D eigenvalue weighted by molar-refractivity contribution is 0.0445. The third-order valence-electron chi connectivity index (χ3n) is 2.77. The molecule has 0 aromatic rings. The Balaban J connectivity index is 5.49. The van der Waals surface area contributed by atoms with Crippen molar-refractivity contribution in [1.82, 2.24) is 4.57 Å². The Morgan fingerprint density at radius 1 is 0.875 bits per heavy atom. The zero-order valence-corrected chi connectivity index (χ0v) is 13.5. The molecule has 0 aromatic carbocycles. The van der Waals surface area contributed by atoms with Gasteiger partial charge >= 0.3 is 8.72 Å². The van der Waals surface area contributed by atoms with Gasteiger partial charge in [0, 0.05) is 31.3 Å². The molecule has 0 spiro atoms. The van der Waals surface area contributed by atoms with Crippen LogP contribution >= 0.6 is 0 Å². The van der Waals surface area contributed by atoms with Crippen molar-refractivity contribution in [3.63, 3.8) is 0 Å². The van der Waals surface area contributed by atoms with E-state index in [1.807, 2.05) is 0 Å². The summed E-state index contributed by atoms with van der Waals surface area (Å²) in [5, 5.41) is 0. The van der Waals surface area contributed by atoms with Crippen LogP contribution in [-0.4, -0.2) is 38.6 Å². The van der Waals surface area contributed by atoms with Gasteiger partial charge in [-0.25, -0.2) is 0 Å². The van der Waals surface area contributed by atoms with Crippen LogP contribution in [-0.2, 0) is 8.85 Å². The van der Waals surface area contributed by atoms with Gasteiger partial charge in [0.05, 0.1) is 0 Å². The number of nitrogens with zero attached hydrogens (tertiary/aromatic N) is 1. The standard InChI is InChI=1S/C12H29NO2Si/c1-10-16(14-8,15-9)13(11(2,3)4)12(5,6)7/h10H2,1-9H3. The highest BCUT2D eigenvalue weighted by atomic mass is 28.4. The Kier molecular flexibility index (Phi) is 5.20. The maximum Gasteiger partial charge on any atom is 0.427 e. The first-order chi connectivity index (χ1) is 7.05. The maximum atomic E-state index is 5.79. The third kappa shape index (κ3) is 3.29. The fraction of sp³-hybridized carbons (Fsp3) is 1.00. The van der Waals surface area contributed by atoms with Gasteiger partial charge in [-0.3, -0.25) is 4.57 Å². The van der Waals surface area contributed by atoms with Gasteiger partial charge in [0.15, 0.2) is 0 Å². The molecule has 3 nitrogen and oxygen atoms in total. The third-order valence-corrected chi connectivity index (χ3v) is 6.96. The summed E-state index contributed by atoms with van der Waals surface area (Å²) in [4.78, 5) is 0. The van der Waals surface area contributed by atoms with Crippen molar-refractivity contribution in [1.29, 1.82) is 0 Å². The van der Waals surface area contributed by atoms with Gasteiger partial charge in [-0.1, -0.05) is 6.92 Å². The first-order valence-electron chi connectivity index (χ1n) is 5.96. The molecule has 16 heavy (non-hydrogen) atoms. The van der Waals surface area contributed by atoms with Gasteiger partial charge < -0.3 is 8.85 Å². The van der Waals surface area contributed by atoms with Gasteiger partial charge in [-0.15, -0.1) is 0 Å². The highest BCUT2D eigenvalue weighted by molar-refractivity contribution is 6.64. The molecular weight excluding hydrogens is 218 g/mol. The lowest BCUT2D eigenvalue weighted by atomic mass is 10.0. The second-order valence-electron chi connectivity index (χ2n) is 6.15. The molecular formula is C12H29NO2Si. The summed E-state index contributed by atoms with van der Waals surface area (Å²) in [6, 6.07) is 0.925. The molecule has 0 N–H and O–H groups in total. The molecule has 0 heterocycles. The van der Waals surface area contributed by atoms with E-state index in [1.165, 1.54) is 0 Å². The van der Waals surface area contributed by atoms with E-state index in [9.17, 15) is 0 Å². The Labute approximate surface area is 102 Å². The average molecular weight is 247 g/mol. The number of hydrogen-bond acceptors (Lipinski definition) is 3. The molecule has 0 fully saturated rings. The molecule has 0 aliphatic heterocycles. The van der Waals surface area contributed by atoms with Gasteiger partial charge in [0.25, 0.3) is 0 Å². The van der Waals surface area contributed by atoms with Crippen LogP contribution < -0.4 is 0 Å². The smallest absolute Gasteiger partial charge is 0.386 e. The van der Waals surface area contributed by atoms with E-state index >= 15 is 0 Å². The van der Waals surface area contributed by atoms with E-state index in [-0.39, 0.29) is 11.1 Å². The van der Waals surface area contributed by atoms with Crippen LogP contribution in [0.4, 0.5) is 0 Å². The van der Waals surface area contributed by atoms with Crippen molar-refractivity contribution < 1.29 is 8.85 Å². The van der Waals surface area contributed by atoms with Crippen LogP contribution in [0.15, 0.2) is 0 Å². The lowest BCUT2D eigenvalue weighted by Gasteiger charge is -2.52. The minimum atomic E-state index is -2.28. The SMILES string of the molecule is CC[Si](OC)(OC)N(C(C)(C)C)C(C)(C)C. The van der Waals surface area contributed by atoms with E-state index < -0.39 is 8.72 Å². The van der Waals surface area contributed by atoms with Crippen LogP contribution in [0.2, 0.25) is 6.04 Å². The van der Waals surface area contributed by atoms with Crippen LogP contribution in [0.25, 0.3) is 0 Å². The highest BCUT2D eigenvalue weighted by Crippen LogP contribution is 2.33. The molecule has 0 unspecified atom stereocenters. The van der Waals surface area contributed by atoms with Crippen molar-refractivity contribution in [2.24, 2.45) is 0 Å². The normalized spacial score (nSPS) is 14.6. The summed E-state index contributed by atoms with van der Waals surface area (Å²) < 4.78 is 14.0. The fourth-order valence-corrected chi connectivity index (χ4v) is 6.21. The summed E-state index contributed by atoms with van der Waals surface area (Å²) >= 11 is 0. The molecule has 0 rings (SSSR count). The van der Waals surface area contributed by atoms with E-state index in [4.69, 9.17) is 8.85 Å². The van der Waals surface area contributed by atoms with E-state index in [2.05, 4.69) is 53.0 Å². The highest BCUT2D eigenvalue weighted by Gasteiger charge is 2.51. The van der Waals surface area contributed by atoms with E-state index in [1.54, 1.807) is 14.2 Å². The van der Waals surface area contributed by atoms with Gasteiger partial charge in [0.1, 0.15) is 0 Å². The average Bonchev–Trinajstić information content (AvgIpc) is 2.10. The summed E-state index contributed by atoms with van der Waals surface area (Å²) in [7, 11) is 1.25. The topological polar surface area (TPSA) is 21.7 Å². The molecule has 0 aliphatic carbocycles. The maximum absolute atomic E-state index is 5.79. The molecule has 98 valence electrons. The number of rotatable bonds is 4. The second kappa shape index (κ2) is 5.17. The van der Waals surface area contributed by atoms with Crippen molar-refractivity contribution in [3.05, 3.63) is 0 Å². The van der Waals surface area contributed by atoms with Gasteiger partial charge in [-0.05, 0) is 41.5 Å². The van der Waals surface area contributed by atoms with Gasteiger partial charge in [0.2, 0.25) is 0 Å². The zero-order chi connectivity index (χ0) is 13.2. The molecule has 0 radical (unpaired) electrons. The van der Waals surface area contributed by atoms with E-state index in [0.717, 1.165) is 6.04 Å². The predicted molar refractivity (Wildman–Crippen MR) is 71.6 cm³/mol. The minimum Gasteiger partial charge on any atom is -0.386 e. The molecule has 0 aromatic heterocycles. The summed E-state index contributed by atoms with van der Waals surface area (Å²) in [5.74, 6) is 0. The molecule has 0 saturated carbocycles. The van der Waals surface area contributed by atoms with Crippen LogP contribution in [0.5, 0.6) is 0 Å². The monoisotopic (exact) mass is 247 g/mol. The van der Waals surface area contributed by atoms with Gasteiger partial charge in [-0.2, -0.15) is 0 Å². The Morgan fingerprint density at radius 2 is 1.19 bits per heavy atom. The largest absolute Gasteiger partial charge is 0.427 e. The summed E-state index contributed by atoms with van der Waals surface area (Å²) in [5.41, 5.74) is 0.0685. The van der Waals surface area contributed by atoms with Crippen LogP contribution in [0.1, 0.15) is 48.5 Å². The van der Waals surface area contributed by atoms with Crippen molar-refractivity contribution >= 4 is 8.72 Å². The molecule has 0 amide bonds. The van der Waals surface area contributed by atoms with E-state index in [0.29, 0.717) is 0 Å². The van der Waals surface area contributed by atoms with Crippen LogP contribution in [0, 0.1) is 0 Å². The quantitative estimate of drug-likeness (QED) is 0.712. The summed E-state index contributed by atoms with van der Waals surface area (Å²) in [6.45, 7) is 15.4. The fourth-order valence-electron chi connectivity index (χ4n) is 2.74. The summed E-state index contributed by atoms with van der Waals surface area (Å²) in [6.07, 6.45) is 0. The lowest BCUT2D eigenvalue weighted by Crippen LogP contribution is -2.69. The molecule has 0 bridgehead atoms. The number of hydrogen-bond donors (Lipinski definition) is 0. The first-order valence-corrected chi connectivity index (χ1v) is 7.93. The second-order valence-corrected chi connectivity index (χ2v) is 9.55. The van der Waals surface area contributed by atoms with Crippen molar-refractivity contribution in [3.8, 4) is 0 Å². The first kappa shape index (κ1) is 16.1. The van der Waals surface area contributed by atoms with Crippen molar-refractivity contribution in [2.75, 3.05) is 14.2 Å². The molecule has 0 aliphatic rings. The van der Waals surface area contributed by atoms with Crippen LogP contribution in [0.3, 0.4) is 0 Å². The Hall–Kier alpha value is 0.0969. The Morgan fingerprint density at radius 3 is 1.25 bits per heavy atom. The Bertz CT molecular complexity index is 192. The predicted octanol–water partition coefficient (Wildman–Crippen LogP) is 3.14. The minimum absolute atomic E-state index is 0.0342. The van der Waals surface area contributed by atoms with Crippen molar-refractivity contribution in [2.45, 2.75) is 65.6 Å². The molecule has 0 saturated heterocycles. The zero-order valence-electron chi connectivity index (χ0n) is 12.5.